The SMILES string of the molecule is O=C(NCc1ccc(N2CCCC2)nc1)c1ccc2c(c1)CCO2. The third-order valence-electron chi connectivity index (χ3n) is 4.64. The van der Waals surface area contributed by atoms with Crippen molar-refractivity contribution < 1.29 is 9.53 Å². The van der Waals surface area contributed by atoms with Gasteiger partial charge in [0.25, 0.3) is 5.91 Å². The zero-order chi connectivity index (χ0) is 16.4. The molecule has 1 aromatic heterocycles. The van der Waals surface area contributed by atoms with Crippen LogP contribution in [0.25, 0.3) is 0 Å². The maximum absolute atomic E-state index is 12.3. The highest BCUT2D eigenvalue weighted by atomic mass is 16.5. The Morgan fingerprint density at radius 3 is 2.88 bits per heavy atom. The predicted molar refractivity (Wildman–Crippen MR) is 92.5 cm³/mol. The average Bonchev–Trinajstić information content (AvgIpc) is 3.30. The Balaban J connectivity index is 1.36. The number of rotatable bonds is 4. The first kappa shape index (κ1) is 15.0. The van der Waals surface area contributed by atoms with Crippen molar-refractivity contribution in [2.45, 2.75) is 25.8 Å². The molecular weight excluding hydrogens is 302 g/mol. The van der Waals surface area contributed by atoms with Gasteiger partial charge >= 0.3 is 0 Å². The molecular formula is C19H21N3O2. The lowest BCUT2D eigenvalue weighted by atomic mass is 10.1. The highest BCUT2D eigenvalue weighted by Gasteiger charge is 2.15. The Bertz CT molecular complexity index is 737. The van der Waals surface area contributed by atoms with Gasteiger partial charge in [-0.3, -0.25) is 4.79 Å². The first-order valence-electron chi connectivity index (χ1n) is 8.53. The van der Waals surface area contributed by atoms with Crippen molar-refractivity contribution in [1.82, 2.24) is 10.3 Å². The quantitative estimate of drug-likeness (QED) is 0.939. The van der Waals surface area contributed by atoms with Crippen molar-refractivity contribution >= 4 is 11.7 Å². The number of pyridine rings is 1. The van der Waals surface area contributed by atoms with E-state index in [2.05, 4.69) is 15.2 Å². The van der Waals surface area contributed by atoms with Crippen LogP contribution in [0.3, 0.4) is 0 Å². The minimum atomic E-state index is -0.0617. The summed E-state index contributed by atoms with van der Waals surface area (Å²) in [5.41, 5.74) is 2.80. The summed E-state index contributed by atoms with van der Waals surface area (Å²) in [6, 6.07) is 9.70. The summed E-state index contributed by atoms with van der Waals surface area (Å²) < 4.78 is 5.47. The van der Waals surface area contributed by atoms with Gasteiger partial charge in [0, 0.05) is 37.8 Å². The molecule has 0 spiro atoms. The molecule has 4 rings (SSSR count). The first-order valence-corrected chi connectivity index (χ1v) is 8.53. The number of nitrogens with zero attached hydrogens (tertiary/aromatic N) is 2. The fraction of sp³-hybridized carbons (Fsp3) is 0.368. The van der Waals surface area contributed by atoms with Crippen LogP contribution in [0.15, 0.2) is 36.5 Å². The summed E-state index contributed by atoms with van der Waals surface area (Å²) in [5, 5.41) is 2.96. The molecule has 0 unspecified atom stereocenters. The van der Waals surface area contributed by atoms with Gasteiger partial charge in [0.1, 0.15) is 11.6 Å². The fourth-order valence-electron chi connectivity index (χ4n) is 3.27. The molecule has 124 valence electrons. The Kier molecular flexibility index (Phi) is 4.07. The second-order valence-corrected chi connectivity index (χ2v) is 6.32. The Morgan fingerprint density at radius 2 is 2.08 bits per heavy atom. The fourth-order valence-corrected chi connectivity index (χ4v) is 3.27. The maximum atomic E-state index is 12.3. The molecule has 2 aliphatic rings. The molecule has 0 saturated carbocycles. The molecule has 1 fully saturated rings. The van der Waals surface area contributed by atoms with E-state index in [0.29, 0.717) is 18.7 Å². The van der Waals surface area contributed by atoms with E-state index < -0.39 is 0 Å². The van der Waals surface area contributed by atoms with Crippen molar-refractivity contribution in [3.05, 3.63) is 53.2 Å². The van der Waals surface area contributed by atoms with Crippen LogP contribution in [0.1, 0.15) is 34.3 Å². The number of aromatic nitrogens is 1. The molecule has 0 radical (unpaired) electrons. The van der Waals surface area contributed by atoms with E-state index in [1.807, 2.05) is 36.5 Å². The summed E-state index contributed by atoms with van der Waals surface area (Å²) >= 11 is 0. The van der Waals surface area contributed by atoms with Crippen molar-refractivity contribution in [2.24, 2.45) is 0 Å². The first-order chi connectivity index (χ1) is 11.8. The van der Waals surface area contributed by atoms with Crippen molar-refractivity contribution in [3.8, 4) is 5.75 Å². The van der Waals surface area contributed by atoms with Crippen molar-refractivity contribution in [2.75, 3.05) is 24.6 Å². The van der Waals surface area contributed by atoms with E-state index in [1.165, 1.54) is 12.8 Å². The van der Waals surface area contributed by atoms with Crippen LogP contribution in [0.4, 0.5) is 5.82 Å². The molecule has 0 bridgehead atoms. The number of anilines is 1. The lowest BCUT2D eigenvalue weighted by Crippen LogP contribution is -2.23. The molecule has 0 atom stereocenters. The number of ether oxygens (including phenoxy) is 1. The van der Waals surface area contributed by atoms with Crippen LogP contribution in [0, 0.1) is 0 Å². The minimum absolute atomic E-state index is 0.0617. The molecule has 1 saturated heterocycles. The van der Waals surface area contributed by atoms with Gasteiger partial charge < -0.3 is 15.0 Å². The van der Waals surface area contributed by atoms with E-state index >= 15 is 0 Å². The summed E-state index contributed by atoms with van der Waals surface area (Å²) in [4.78, 5) is 19.1. The second-order valence-electron chi connectivity index (χ2n) is 6.32. The maximum Gasteiger partial charge on any atom is 0.251 e. The van der Waals surface area contributed by atoms with E-state index in [-0.39, 0.29) is 5.91 Å². The van der Waals surface area contributed by atoms with Crippen LogP contribution in [-0.2, 0) is 13.0 Å². The predicted octanol–water partition coefficient (Wildman–Crippen LogP) is 2.55. The van der Waals surface area contributed by atoms with Crippen LogP contribution in [-0.4, -0.2) is 30.6 Å². The van der Waals surface area contributed by atoms with Gasteiger partial charge in [0.2, 0.25) is 0 Å². The number of fused-ring (bicyclic) bond motifs is 1. The number of carbonyl (C=O) groups is 1. The molecule has 1 amide bonds. The third kappa shape index (κ3) is 3.07. The van der Waals surface area contributed by atoms with Gasteiger partial charge in [-0.25, -0.2) is 4.98 Å². The molecule has 5 nitrogen and oxygen atoms in total. The molecule has 0 aliphatic carbocycles. The van der Waals surface area contributed by atoms with Gasteiger partial charge in [-0.1, -0.05) is 6.07 Å². The van der Waals surface area contributed by atoms with Crippen molar-refractivity contribution in [3.63, 3.8) is 0 Å². The lowest BCUT2D eigenvalue weighted by Gasteiger charge is -2.16. The van der Waals surface area contributed by atoms with Gasteiger partial charge in [0.05, 0.1) is 6.61 Å². The van der Waals surface area contributed by atoms with Gasteiger partial charge in [-0.15, -0.1) is 0 Å². The molecule has 24 heavy (non-hydrogen) atoms. The normalized spacial score (nSPS) is 15.9. The molecule has 1 N–H and O–H groups in total. The Labute approximate surface area is 141 Å². The highest BCUT2D eigenvalue weighted by molar-refractivity contribution is 5.94. The number of hydrogen-bond acceptors (Lipinski definition) is 4. The van der Waals surface area contributed by atoms with E-state index in [0.717, 1.165) is 42.2 Å². The van der Waals surface area contributed by atoms with Crippen molar-refractivity contribution in [1.29, 1.82) is 0 Å². The number of amides is 1. The molecule has 1 aromatic carbocycles. The van der Waals surface area contributed by atoms with Crippen LogP contribution >= 0.6 is 0 Å². The largest absolute Gasteiger partial charge is 0.493 e. The molecule has 2 aromatic rings. The van der Waals surface area contributed by atoms with Crippen LogP contribution in [0.5, 0.6) is 5.75 Å². The third-order valence-corrected chi connectivity index (χ3v) is 4.64. The summed E-state index contributed by atoms with van der Waals surface area (Å²) in [6.07, 6.45) is 5.21. The van der Waals surface area contributed by atoms with E-state index in [9.17, 15) is 4.79 Å². The van der Waals surface area contributed by atoms with Crippen LogP contribution < -0.4 is 15.0 Å². The molecule has 5 heteroatoms. The zero-order valence-electron chi connectivity index (χ0n) is 13.6. The molecule has 2 aliphatic heterocycles. The molecule has 3 heterocycles. The van der Waals surface area contributed by atoms with Gasteiger partial charge in [0.15, 0.2) is 0 Å². The zero-order valence-corrected chi connectivity index (χ0v) is 13.6. The number of hydrogen-bond donors (Lipinski definition) is 1. The number of nitrogens with one attached hydrogen (secondary N) is 1. The monoisotopic (exact) mass is 323 g/mol. The average molecular weight is 323 g/mol. The van der Waals surface area contributed by atoms with E-state index in [1.54, 1.807) is 0 Å². The topological polar surface area (TPSA) is 54.5 Å². The summed E-state index contributed by atoms with van der Waals surface area (Å²) in [5.74, 6) is 1.86. The van der Waals surface area contributed by atoms with E-state index in [4.69, 9.17) is 4.74 Å². The van der Waals surface area contributed by atoms with Crippen LogP contribution in [0.2, 0.25) is 0 Å². The summed E-state index contributed by atoms with van der Waals surface area (Å²) in [6.45, 7) is 3.37. The Hall–Kier alpha value is -2.56. The minimum Gasteiger partial charge on any atom is -0.493 e. The van der Waals surface area contributed by atoms with Gasteiger partial charge in [-0.2, -0.15) is 0 Å². The smallest absolute Gasteiger partial charge is 0.251 e. The van der Waals surface area contributed by atoms with Gasteiger partial charge in [-0.05, 0) is 48.2 Å². The lowest BCUT2D eigenvalue weighted by molar-refractivity contribution is 0.0951. The summed E-state index contributed by atoms with van der Waals surface area (Å²) in [7, 11) is 0. The standard InChI is InChI=1S/C19H21N3O2/c23-19(16-4-5-17-15(11-16)7-10-24-17)21-13-14-3-6-18(20-12-14)22-8-1-2-9-22/h3-6,11-12H,1-2,7-10,13H2,(H,21,23). The second kappa shape index (κ2) is 6.51. The Morgan fingerprint density at radius 1 is 1.21 bits per heavy atom. The number of benzene rings is 1. The number of carbonyl (C=O) groups excluding carboxylic acids is 1. The highest BCUT2D eigenvalue weighted by Crippen LogP contribution is 2.25.